The first-order valence-electron chi connectivity index (χ1n) is 11.7. The molecule has 0 fully saturated rings. The predicted octanol–water partition coefficient (Wildman–Crippen LogP) is 5.53. The summed E-state index contributed by atoms with van der Waals surface area (Å²) in [6.07, 6.45) is 1.51. The first-order chi connectivity index (χ1) is 16.5. The zero-order valence-electron chi connectivity index (χ0n) is 19.9. The largest absolute Gasteiger partial charge is 0.494 e. The number of carbonyl (C=O) groups excluding carboxylic acids is 2. The van der Waals surface area contributed by atoms with Gasteiger partial charge in [0.25, 0.3) is 11.8 Å². The minimum Gasteiger partial charge on any atom is -0.494 e. The third-order valence-electron chi connectivity index (χ3n) is 5.86. The van der Waals surface area contributed by atoms with Gasteiger partial charge >= 0.3 is 0 Å². The Bertz CT molecular complexity index is 1230. The fourth-order valence-electron chi connectivity index (χ4n) is 4.15. The molecular formula is C29H30N2O3. The maximum Gasteiger partial charge on any atom is 0.278 e. The van der Waals surface area contributed by atoms with Crippen molar-refractivity contribution in [3.05, 3.63) is 101 Å². The van der Waals surface area contributed by atoms with Crippen molar-refractivity contribution in [1.29, 1.82) is 0 Å². The summed E-state index contributed by atoms with van der Waals surface area (Å²) in [6.45, 7) is 6.97. The van der Waals surface area contributed by atoms with Crippen molar-refractivity contribution < 1.29 is 14.3 Å². The van der Waals surface area contributed by atoms with Gasteiger partial charge in [0, 0.05) is 18.3 Å². The van der Waals surface area contributed by atoms with Crippen molar-refractivity contribution in [3.63, 3.8) is 0 Å². The van der Waals surface area contributed by atoms with Crippen molar-refractivity contribution in [1.82, 2.24) is 4.90 Å². The van der Waals surface area contributed by atoms with E-state index in [0.717, 1.165) is 34.4 Å². The van der Waals surface area contributed by atoms with Gasteiger partial charge in [0.1, 0.15) is 11.4 Å². The van der Waals surface area contributed by atoms with Crippen molar-refractivity contribution in [2.75, 3.05) is 18.5 Å². The molecule has 2 amide bonds. The molecule has 1 aliphatic heterocycles. The summed E-state index contributed by atoms with van der Waals surface area (Å²) >= 11 is 0. The smallest absolute Gasteiger partial charge is 0.278 e. The Morgan fingerprint density at radius 1 is 0.882 bits per heavy atom. The minimum atomic E-state index is -0.309. The molecule has 0 bridgehead atoms. The summed E-state index contributed by atoms with van der Waals surface area (Å²) in [5, 5.41) is 3.24. The van der Waals surface area contributed by atoms with Crippen LogP contribution in [0, 0.1) is 13.8 Å². The molecule has 5 heteroatoms. The average Bonchev–Trinajstić information content (AvgIpc) is 3.06. The van der Waals surface area contributed by atoms with Crippen LogP contribution in [0.4, 0.5) is 5.69 Å². The molecule has 0 aromatic heterocycles. The number of carbonyl (C=O) groups is 2. The number of hydrogen-bond acceptors (Lipinski definition) is 4. The summed E-state index contributed by atoms with van der Waals surface area (Å²) in [5.74, 6) is 0.141. The van der Waals surface area contributed by atoms with Gasteiger partial charge in [-0.2, -0.15) is 0 Å². The predicted molar refractivity (Wildman–Crippen MR) is 136 cm³/mol. The van der Waals surface area contributed by atoms with Crippen molar-refractivity contribution >= 4 is 23.1 Å². The highest BCUT2D eigenvalue weighted by Crippen LogP contribution is 2.33. The lowest BCUT2D eigenvalue weighted by atomic mass is 9.97. The van der Waals surface area contributed by atoms with Gasteiger partial charge in [-0.15, -0.1) is 0 Å². The molecule has 3 aromatic rings. The molecule has 174 valence electrons. The number of benzene rings is 3. The van der Waals surface area contributed by atoms with E-state index < -0.39 is 0 Å². The second kappa shape index (κ2) is 10.4. The molecule has 0 atom stereocenters. The lowest BCUT2D eigenvalue weighted by Gasteiger charge is -2.15. The number of aryl methyl sites for hydroxylation is 2. The van der Waals surface area contributed by atoms with Crippen LogP contribution in [-0.2, 0) is 16.0 Å². The Morgan fingerprint density at radius 2 is 1.68 bits per heavy atom. The van der Waals surface area contributed by atoms with E-state index >= 15 is 0 Å². The monoisotopic (exact) mass is 454 g/mol. The summed E-state index contributed by atoms with van der Waals surface area (Å²) in [7, 11) is 0. The molecule has 5 nitrogen and oxygen atoms in total. The summed E-state index contributed by atoms with van der Waals surface area (Å²) in [6, 6.07) is 23.3. The van der Waals surface area contributed by atoms with Crippen LogP contribution >= 0.6 is 0 Å². The molecule has 1 N–H and O–H groups in total. The first-order valence-corrected chi connectivity index (χ1v) is 11.7. The Morgan fingerprint density at radius 3 is 2.41 bits per heavy atom. The van der Waals surface area contributed by atoms with E-state index in [1.165, 1.54) is 4.90 Å². The van der Waals surface area contributed by atoms with Gasteiger partial charge in [-0.3, -0.25) is 14.5 Å². The van der Waals surface area contributed by atoms with Crippen LogP contribution in [-0.4, -0.2) is 29.9 Å². The molecule has 0 aliphatic carbocycles. The molecule has 0 radical (unpaired) electrons. The number of nitrogens with one attached hydrogen (secondary N) is 1. The maximum absolute atomic E-state index is 13.6. The van der Waals surface area contributed by atoms with E-state index in [1.54, 1.807) is 0 Å². The highest BCUT2D eigenvalue weighted by atomic mass is 16.5. The number of ether oxygens (including phenoxy) is 1. The van der Waals surface area contributed by atoms with E-state index in [9.17, 15) is 9.59 Å². The maximum atomic E-state index is 13.6. The molecular weight excluding hydrogens is 424 g/mol. The number of amides is 2. The second-order valence-electron chi connectivity index (χ2n) is 8.57. The van der Waals surface area contributed by atoms with Gasteiger partial charge in [-0.05, 0) is 55.5 Å². The van der Waals surface area contributed by atoms with Gasteiger partial charge in [0.2, 0.25) is 0 Å². The zero-order valence-corrected chi connectivity index (χ0v) is 19.9. The van der Waals surface area contributed by atoms with Crippen LogP contribution in [0.15, 0.2) is 78.5 Å². The van der Waals surface area contributed by atoms with E-state index in [2.05, 4.69) is 12.2 Å². The highest BCUT2D eigenvalue weighted by molar-refractivity contribution is 6.36. The second-order valence-corrected chi connectivity index (χ2v) is 8.57. The number of nitrogens with zero attached hydrogens (tertiary/aromatic N) is 1. The quantitative estimate of drug-likeness (QED) is 0.432. The molecule has 3 aromatic carbocycles. The van der Waals surface area contributed by atoms with Gasteiger partial charge in [0.15, 0.2) is 0 Å². The Hall–Kier alpha value is -3.86. The molecule has 1 aliphatic rings. The average molecular weight is 455 g/mol. The molecule has 0 saturated heterocycles. The summed E-state index contributed by atoms with van der Waals surface area (Å²) < 4.78 is 5.74. The molecule has 4 rings (SSSR count). The highest BCUT2D eigenvalue weighted by Gasteiger charge is 2.39. The van der Waals surface area contributed by atoms with Gasteiger partial charge in [0.05, 0.1) is 12.2 Å². The van der Waals surface area contributed by atoms with Crippen molar-refractivity contribution in [3.8, 4) is 5.75 Å². The SMILES string of the molecule is CCCOc1cccc(NC2=C(c3ccc(C)cc3C)C(=O)N(CCc3ccccc3)C2=O)c1. The van der Waals surface area contributed by atoms with E-state index in [-0.39, 0.29) is 11.8 Å². The van der Waals surface area contributed by atoms with E-state index in [0.29, 0.717) is 36.5 Å². The molecule has 0 saturated carbocycles. The minimum absolute atomic E-state index is 0.270. The van der Waals surface area contributed by atoms with Crippen LogP contribution in [0.1, 0.15) is 35.6 Å². The summed E-state index contributed by atoms with van der Waals surface area (Å²) in [4.78, 5) is 28.4. The number of hydrogen-bond donors (Lipinski definition) is 1. The third-order valence-corrected chi connectivity index (χ3v) is 5.86. The third kappa shape index (κ3) is 5.04. The first kappa shape index (κ1) is 23.3. The normalized spacial score (nSPS) is 13.6. The lowest BCUT2D eigenvalue weighted by Crippen LogP contribution is -2.34. The van der Waals surface area contributed by atoms with Crippen LogP contribution in [0.3, 0.4) is 0 Å². The lowest BCUT2D eigenvalue weighted by molar-refractivity contribution is -0.136. The van der Waals surface area contributed by atoms with E-state index in [1.807, 2.05) is 86.6 Å². The molecule has 0 unspecified atom stereocenters. The van der Waals surface area contributed by atoms with Crippen LogP contribution < -0.4 is 10.1 Å². The standard InChI is InChI=1S/C29H30N2O3/c1-4-17-34-24-12-8-11-23(19-24)30-27-26(25-14-13-20(2)18-21(25)3)28(32)31(29(27)33)16-15-22-9-6-5-7-10-22/h5-14,18-19,30H,4,15-17H2,1-3H3. The van der Waals surface area contributed by atoms with Crippen LogP contribution in [0.5, 0.6) is 5.75 Å². The van der Waals surface area contributed by atoms with Crippen molar-refractivity contribution in [2.24, 2.45) is 0 Å². The molecule has 34 heavy (non-hydrogen) atoms. The zero-order chi connectivity index (χ0) is 24.1. The number of imide groups is 1. The fourth-order valence-corrected chi connectivity index (χ4v) is 4.15. The number of anilines is 1. The summed E-state index contributed by atoms with van der Waals surface area (Å²) in [5.41, 5.74) is 5.34. The van der Waals surface area contributed by atoms with Gasteiger partial charge in [-0.1, -0.05) is 67.1 Å². The van der Waals surface area contributed by atoms with Gasteiger partial charge < -0.3 is 10.1 Å². The Labute approximate surface area is 201 Å². The Balaban J connectivity index is 1.68. The van der Waals surface area contributed by atoms with Gasteiger partial charge in [-0.25, -0.2) is 0 Å². The Kier molecular flexibility index (Phi) is 7.12. The number of rotatable bonds is 9. The fraction of sp³-hybridized carbons (Fsp3) is 0.241. The topological polar surface area (TPSA) is 58.6 Å². The van der Waals surface area contributed by atoms with Crippen LogP contribution in [0.2, 0.25) is 0 Å². The van der Waals surface area contributed by atoms with Crippen molar-refractivity contribution in [2.45, 2.75) is 33.6 Å². The molecule has 0 spiro atoms. The van der Waals surface area contributed by atoms with E-state index in [4.69, 9.17) is 4.74 Å². The van der Waals surface area contributed by atoms with Crippen LogP contribution in [0.25, 0.3) is 5.57 Å². The molecule has 1 heterocycles.